The van der Waals surface area contributed by atoms with Crippen molar-refractivity contribution < 1.29 is 32.2 Å². The van der Waals surface area contributed by atoms with Gasteiger partial charge in [0.25, 0.3) is 0 Å². The first-order valence-corrected chi connectivity index (χ1v) is 9.66. The Hall–Kier alpha value is -2.21. The zero-order valence-corrected chi connectivity index (χ0v) is 16.0. The van der Waals surface area contributed by atoms with E-state index in [0.29, 0.717) is 5.75 Å². The van der Waals surface area contributed by atoms with Crippen LogP contribution in [0.5, 0.6) is 5.75 Å². The lowest BCUT2D eigenvalue weighted by Crippen LogP contribution is -2.47. The van der Waals surface area contributed by atoms with Gasteiger partial charge in [-0.15, -0.1) is 0 Å². The van der Waals surface area contributed by atoms with E-state index in [2.05, 4.69) is 10.6 Å². The average Bonchev–Trinajstić information content (AvgIpc) is 3.15. The molecule has 1 saturated heterocycles. The molecular formula is C16H23N3O7S. The Balaban J connectivity index is 1.97. The van der Waals surface area contributed by atoms with Gasteiger partial charge < -0.3 is 24.8 Å². The highest BCUT2D eigenvalue weighted by atomic mass is 32.2. The van der Waals surface area contributed by atoms with Crippen molar-refractivity contribution >= 4 is 21.8 Å². The summed E-state index contributed by atoms with van der Waals surface area (Å²) in [4.78, 5) is 23.5. The van der Waals surface area contributed by atoms with Crippen LogP contribution in [-0.4, -0.2) is 77.8 Å². The largest absolute Gasteiger partial charge is 0.497 e. The van der Waals surface area contributed by atoms with Crippen LogP contribution in [0.4, 0.5) is 0 Å². The van der Waals surface area contributed by atoms with Crippen molar-refractivity contribution in [1.29, 1.82) is 0 Å². The van der Waals surface area contributed by atoms with E-state index in [1.807, 2.05) is 0 Å². The Bertz CT molecular complexity index is 752. The molecule has 1 aromatic rings. The van der Waals surface area contributed by atoms with Crippen molar-refractivity contribution in [2.45, 2.75) is 11.1 Å². The molecule has 2 rings (SSSR count). The summed E-state index contributed by atoms with van der Waals surface area (Å²) in [6, 6.07) is 5.96. The number of nitrogens with zero attached hydrogens (tertiary/aromatic N) is 1. The van der Waals surface area contributed by atoms with E-state index in [4.69, 9.17) is 14.2 Å². The summed E-state index contributed by atoms with van der Waals surface area (Å²) in [5, 5.41) is 4.76. The summed E-state index contributed by atoms with van der Waals surface area (Å²) >= 11 is 0. The lowest BCUT2D eigenvalue weighted by molar-refractivity contribution is -0.139. The number of rotatable bonds is 8. The standard InChI is InChI=1S/C16H23N3O7S/c1-24-9-7-17-15(20)16(21)18-11-14-19(8-10-26-14)27(22,23)13-5-3-12(25-2)4-6-13/h3-6,14H,7-11H2,1-2H3,(H,17,20)(H,18,21). The Morgan fingerprint density at radius 2 is 1.85 bits per heavy atom. The highest BCUT2D eigenvalue weighted by molar-refractivity contribution is 7.89. The first-order chi connectivity index (χ1) is 12.9. The summed E-state index contributed by atoms with van der Waals surface area (Å²) in [6.07, 6.45) is -0.896. The lowest BCUT2D eigenvalue weighted by atomic mass is 10.3. The molecule has 0 bridgehead atoms. The molecule has 1 aliphatic rings. The molecular weight excluding hydrogens is 378 g/mol. The number of hydrogen-bond donors (Lipinski definition) is 2. The van der Waals surface area contributed by atoms with Crippen LogP contribution in [0.15, 0.2) is 29.2 Å². The number of sulfonamides is 1. The molecule has 0 radical (unpaired) electrons. The predicted octanol–water partition coefficient (Wildman–Crippen LogP) is -1.08. The predicted molar refractivity (Wildman–Crippen MR) is 94.5 cm³/mol. The average molecular weight is 401 g/mol. The van der Waals surface area contributed by atoms with E-state index in [0.717, 1.165) is 4.31 Å². The second-order valence-electron chi connectivity index (χ2n) is 5.58. The molecule has 1 aromatic carbocycles. The Kier molecular flexibility index (Phi) is 7.54. The number of hydrogen-bond acceptors (Lipinski definition) is 7. The minimum Gasteiger partial charge on any atom is -0.497 e. The number of benzene rings is 1. The summed E-state index contributed by atoms with van der Waals surface area (Å²) < 4.78 is 41.9. The Morgan fingerprint density at radius 3 is 2.48 bits per heavy atom. The van der Waals surface area contributed by atoms with Crippen molar-refractivity contribution in [3.8, 4) is 5.75 Å². The number of nitrogens with one attached hydrogen (secondary N) is 2. The lowest BCUT2D eigenvalue weighted by Gasteiger charge is -2.22. The molecule has 1 heterocycles. The van der Waals surface area contributed by atoms with Crippen LogP contribution in [-0.2, 0) is 29.1 Å². The molecule has 0 spiro atoms. The third kappa shape index (κ3) is 5.39. The SMILES string of the molecule is COCCNC(=O)C(=O)NCC1OCCN1S(=O)(=O)c1ccc(OC)cc1. The minimum absolute atomic E-state index is 0.0856. The Labute approximate surface area is 157 Å². The molecule has 10 nitrogen and oxygen atoms in total. The van der Waals surface area contributed by atoms with Gasteiger partial charge in [0.2, 0.25) is 10.0 Å². The summed E-state index contributed by atoms with van der Waals surface area (Å²) in [7, 11) is -0.852. The summed E-state index contributed by atoms with van der Waals surface area (Å²) in [6.45, 7) is 0.663. The third-order valence-corrected chi connectivity index (χ3v) is 5.75. The normalized spacial score (nSPS) is 17.5. The van der Waals surface area contributed by atoms with Crippen LogP contribution in [0.25, 0.3) is 0 Å². The van der Waals surface area contributed by atoms with Crippen LogP contribution in [0, 0.1) is 0 Å². The molecule has 2 N–H and O–H groups in total. The van der Waals surface area contributed by atoms with E-state index in [-0.39, 0.29) is 37.7 Å². The number of ether oxygens (including phenoxy) is 3. The first kappa shape index (κ1) is 21.1. The fourth-order valence-electron chi connectivity index (χ4n) is 2.43. The van der Waals surface area contributed by atoms with E-state index < -0.39 is 28.1 Å². The van der Waals surface area contributed by atoms with Gasteiger partial charge in [0, 0.05) is 20.2 Å². The van der Waals surface area contributed by atoms with Gasteiger partial charge in [-0.05, 0) is 24.3 Å². The molecule has 1 unspecified atom stereocenters. The fourth-order valence-corrected chi connectivity index (χ4v) is 3.94. The topological polar surface area (TPSA) is 123 Å². The summed E-state index contributed by atoms with van der Waals surface area (Å²) in [5.74, 6) is -1.16. The smallest absolute Gasteiger partial charge is 0.309 e. The van der Waals surface area contributed by atoms with Crippen molar-refractivity contribution in [1.82, 2.24) is 14.9 Å². The second-order valence-corrected chi connectivity index (χ2v) is 7.47. The van der Waals surface area contributed by atoms with Gasteiger partial charge >= 0.3 is 11.8 Å². The van der Waals surface area contributed by atoms with E-state index in [9.17, 15) is 18.0 Å². The van der Waals surface area contributed by atoms with Crippen molar-refractivity contribution in [2.24, 2.45) is 0 Å². The van der Waals surface area contributed by atoms with Gasteiger partial charge in [0.1, 0.15) is 12.0 Å². The monoisotopic (exact) mass is 401 g/mol. The molecule has 1 atom stereocenters. The molecule has 2 amide bonds. The van der Waals surface area contributed by atoms with Gasteiger partial charge in [0.05, 0.1) is 31.8 Å². The van der Waals surface area contributed by atoms with Crippen LogP contribution in [0.3, 0.4) is 0 Å². The van der Waals surface area contributed by atoms with Gasteiger partial charge in [-0.2, -0.15) is 4.31 Å². The first-order valence-electron chi connectivity index (χ1n) is 8.22. The molecule has 0 aromatic heterocycles. The maximum absolute atomic E-state index is 12.8. The summed E-state index contributed by atoms with van der Waals surface area (Å²) in [5.41, 5.74) is 0. The van der Waals surface area contributed by atoms with Gasteiger partial charge in [-0.1, -0.05) is 0 Å². The van der Waals surface area contributed by atoms with Gasteiger partial charge in [-0.3, -0.25) is 9.59 Å². The molecule has 150 valence electrons. The molecule has 11 heteroatoms. The van der Waals surface area contributed by atoms with Crippen molar-refractivity contribution in [2.75, 3.05) is 47.1 Å². The molecule has 0 saturated carbocycles. The zero-order valence-electron chi connectivity index (χ0n) is 15.1. The van der Waals surface area contributed by atoms with Gasteiger partial charge in [0.15, 0.2) is 0 Å². The molecule has 0 aliphatic carbocycles. The van der Waals surface area contributed by atoms with E-state index >= 15 is 0 Å². The highest BCUT2D eigenvalue weighted by Gasteiger charge is 2.36. The third-order valence-electron chi connectivity index (χ3n) is 3.84. The van der Waals surface area contributed by atoms with Crippen LogP contribution in [0.2, 0.25) is 0 Å². The maximum Gasteiger partial charge on any atom is 0.309 e. The van der Waals surface area contributed by atoms with Crippen LogP contribution >= 0.6 is 0 Å². The molecule has 1 aliphatic heterocycles. The van der Waals surface area contributed by atoms with Crippen molar-refractivity contribution in [3.63, 3.8) is 0 Å². The molecule has 27 heavy (non-hydrogen) atoms. The quantitative estimate of drug-likeness (QED) is 0.420. The van der Waals surface area contributed by atoms with E-state index in [1.54, 1.807) is 12.1 Å². The second kappa shape index (κ2) is 9.65. The number of methoxy groups -OCH3 is 2. The minimum atomic E-state index is -3.81. The number of carbonyl (C=O) groups is 2. The van der Waals surface area contributed by atoms with Crippen LogP contribution in [0.1, 0.15) is 0 Å². The number of carbonyl (C=O) groups excluding carboxylic acids is 2. The number of amides is 2. The highest BCUT2D eigenvalue weighted by Crippen LogP contribution is 2.23. The molecule has 1 fully saturated rings. The Morgan fingerprint density at radius 1 is 1.19 bits per heavy atom. The van der Waals surface area contributed by atoms with Crippen molar-refractivity contribution in [3.05, 3.63) is 24.3 Å². The van der Waals surface area contributed by atoms with Gasteiger partial charge in [-0.25, -0.2) is 8.42 Å². The fraction of sp³-hybridized carbons (Fsp3) is 0.500. The van der Waals surface area contributed by atoms with Crippen LogP contribution < -0.4 is 15.4 Å². The van der Waals surface area contributed by atoms with E-state index in [1.165, 1.54) is 26.4 Å². The maximum atomic E-state index is 12.8. The zero-order chi connectivity index (χ0) is 19.9.